The second-order valence-electron chi connectivity index (χ2n) is 5.38. The number of furan rings is 1. The molecule has 0 atom stereocenters. The summed E-state index contributed by atoms with van der Waals surface area (Å²) in [6.07, 6.45) is 0.917. The standard InChI is InChI=1S/C18H14O3/c1-3-11-5-7-14-13(9-11)16-17(20-14)12-6-4-10(2)8-15(12)21-18(16)19/h4-9H,3H2,1-2H3. The zero-order valence-electron chi connectivity index (χ0n) is 11.9. The zero-order chi connectivity index (χ0) is 14.6. The minimum absolute atomic E-state index is 0.338. The average molecular weight is 278 g/mol. The molecule has 0 aliphatic rings. The highest BCUT2D eigenvalue weighted by molar-refractivity contribution is 6.12. The molecule has 0 radical (unpaired) electrons. The van der Waals surface area contributed by atoms with Gasteiger partial charge in [0, 0.05) is 5.39 Å². The van der Waals surface area contributed by atoms with Crippen LogP contribution in [0.4, 0.5) is 0 Å². The normalized spacial score (nSPS) is 11.7. The van der Waals surface area contributed by atoms with Gasteiger partial charge in [-0.05, 0) is 48.7 Å². The minimum Gasteiger partial charge on any atom is -0.455 e. The van der Waals surface area contributed by atoms with E-state index in [1.807, 2.05) is 43.3 Å². The van der Waals surface area contributed by atoms with Crippen LogP contribution in [0.25, 0.3) is 32.9 Å². The van der Waals surface area contributed by atoms with Gasteiger partial charge in [0.15, 0.2) is 5.58 Å². The Morgan fingerprint density at radius 3 is 2.62 bits per heavy atom. The molecule has 0 saturated heterocycles. The first-order valence-electron chi connectivity index (χ1n) is 7.06. The number of aryl methyl sites for hydroxylation is 2. The highest BCUT2D eigenvalue weighted by Gasteiger charge is 2.16. The first-order chi connectivity index (χ1) is 10.2. The molecule has 0 unspecified atom stereocenters. The van der Waals surface area contributed by atoms with E-state index in [4.69, 9.17) is 8.83 Å². The van der Waals surface area contributed by atoms with Gasteiger partial charge in [0.25, 0.3) is 0 Å². The molecule has 0 N–H and O–H groups in total. The Labute approximate surface area is 120 Å². The maximum absolute atomic E-state index is 12.4. The van der Waals surface area contributed by atoms with E-state index < -0.39 is 0 Å². The molecule has 0 spiro atoms. The van der Waals surface area contributed by atoms with Crippen molar-refractivity contribution in [1.29, 1.82) is 0 Å². The quantitative estimate of drug-likeness (QED) is 0.479. The minimum atomic E-state index is -0.338. The van der Waals surface area contributed by atoms with Crippen LogP contribution in [-0.4, -0.2) is 0 Å². The molecule has 0 aliphatic heterocycles. The van der Waals surface area contributed by atoms with Gasteiger partial charge in [0.1, 0.15) is 16.6 Å². The van der Waals surface area contributed by atoms with E-state index in [1.54, 1.807) is 0 Å². The highest BCUT2D eigenvalue weighted by Crippen LogP contribution is 2.32. The third-order valence-corrected chi connectivity index (χ3v) is 3.95. The summed E-state index contributed by atoms with van der Waals surface area (Å²) in [7, 11) is 0. The van der Waals surface area contributed by atoms with Crippen LogP contribution in [0.15, 0.2) is 50.0 Å². The predicted octanol–water partition coefficient (Wildman–Crippen LogP) is 4.56. The summed E-state index contributed by atoms with van der Waals surface area (Å²) in [4.78, 5) is 12.4. The smallest absolute Gasteiger partial charge is 0.348 e. The number of hydrogen-bond donors (Lipinski definition) is 0. The fourth-order valence-corrected chi connectivity index (χ4v) is 2.81. The van der Waals surface area contributed by atoms with Crippen LogP contribution in [0.2, 0.25) is 0 Å². The summed E-state index contributed by atoms with van der Waals surface area (Å²) in [5.41, 5.74) is 3.80. The number of rotatable bonds is 1. The van der Waals surface area contributed by atoms with Crippen LogP contribution in [0.5, 0.6) is 0 Å². The van der Waals surface area contributed by atoms with Crippen molar-refractivity contribution in [2.24, 2.45) is 0 Å². The van der Waals surface area contributed by atoms with Crippen LogP contribution in [0.1, 0.15) is 18.1 Å². The molecule has 3 heteroatoms. The van der Waals surface area contributed by atoms with Crippen LogP contribution in [0, 0.1) is 6.92 Å². The van der Waals surface area contributed by atoms with Crippen molar-refractivity contribution in [3.05, 3.63) is 57.9 Å². The molecule has 4 rings (SSSR count). The average Bonchev–Trinajstić information content (AvgIpc) is 2.85. The molecule has 0 amide bonds. The Kier molecular flexibility index (Phi) is 2.45. The van der Waals surface area contributed by atoms with Crippen LogP contribution in [0.3, 0.4) is 0 Å². The van der Waals surface area contributed by atoms with E-state index in [1.165, 1.54) is 5.56 Å². The molecule has 2 aromatic heterocycles. The predicted molar refractivity (Wildman–Crippen MR) is 83.9 cm³/mol. The maximum atomic E-state index is 12.4. The lowest BCUT2D eigenvalue weighted by atomic mass is 10.1. The first kappa shape index (κ1) is 12.2. The molecule has 0 aliphatic carbocycles. The van der Waals surface area contributed by atoms with E-state index >= 15 is 0 Å². The zero-order valence-corrected chi connectivity index (χ0v) is 11.9. The fraction of sp³-hybridized carbons (Fsp3) is 0.167. The van der Waals surface area contributed by atoms with Gasteiger partial charge >= 0.3 is 5.63 Å². The van der Waals surface area contributed by atoms with Gasteiger partial charge < -0.3 is 8.83 Å². The summed E-state index contributed by atoms with van der Waals surface area (Å²) >= 11 is 0. The van der Waals surface area contributed by atoms with Gasteiger partial charge in [-0.3, -0.25) is 0 Å². The molecule has 2 aromatic carbocycles. The molecule has 2 heterocycles. The molecule has 0 saturated carbocycles. The summed E-state index contributed by atoms with van der Waals surface area (Å²) in [5.74, 6) is 0. The van der Waals surface area contributed by atoms with Crippen molar-refractivity contribution in [2.45, 2.75) is 20.3 Å². The SMILES string of the molecule is CCc1ccc2oc3c4ccc(C)cc4oc(=O)c3c2c1. The van der Waals surface area contributed by atoms with Crippen molar-refractivity contribution < 1.29 is 8.83 Å². The van der Waals surface area contributed by atoms with Gasteiger partial charge in [-0.15, -0.1) is 0 Å². The molecular formula is C18H14O3. The van der Waals surface area contributed by atoms with E-state index in [0.29, 0.717) is 16.6 Å². The van der Waals surface area contributed by atoms with E-state index in [-0.39, 0.29) is 5.63 Å². The second-order valence-corrected chi connectivity index (χ2v) is 5.38. The Morgan fingerprint density at radius 1 is 0.952 bits per heavy atom. The Morgan fingerprint density at radius 2 is 1.81 bits per heavy atom. The molecular weight excluding hydrogens is 264 g/mol. The van der Waals surface area contributed by atoms with Gasteiger partial charge in [-0.1, -0.05) is 19.1 Å². The number of hydrogen-bond acceptors (Lipinski definition) is 3. The van der Waals surface area contributed by atoms with Gasteiger partial charge in [0.05, 0.1) is 5.39 Å². The second kappa shape index (κ2) is 4.22. The Bertz CT molecular complexity index is 1050. The van der Waals surface area contributed by atoms with Crippen LogP contribution in [-0.2, 0) is 6.42 Å². The van der Waals surface area contributed by atoms with Gasteiger partial charge in [0.2, 0.25) is 0 Å². The summed E-state index contributed by atoms with van der Waals surface area (Å²) in [6, 6.07) is 11.8. The third kappa shape index (κ3) is 1.70. The lowest BCUT2D eigenvalue weighted by molar-refractivity contribution is 0.566. The van der Waals surface area contributed by atoms with Gasteiger partial charge in [-0.2, -0.15) is 0 Å². The van der Waals surface area contributed by atoms with Crippen molar-refractivity contribution in [1.82, 2.24) is 0 Å². The molecule has 0 fully saturated rings. The Balaban J connectivity index is 2.26. The lowest BCUT2D eigenvalue weighted by Crippen LogP contribution is -1.98. The fourth-order valence-electron chi connectivity index (χ4n) is 2.81. The van der Waals surface area contributed by atoms with E-state index in [2.05, 4.69) is 6.92 Å². The number of fused-ring (bicyclic) bond motifs is 5. The molecule has 104 valence electrons. The van der Waals surface area contributed by atoms with E-state index in [9.17, 15) is 4.79 Å². The number of benzene rings is 2. The highest BCUT2D eigenvalue weighted by atomic mass is 16.4. The Hall–Kier alpha value is -2.55. The first-order valence-corrected chi connectivity index (χ1v) is 7.06. The van der Waals surface area contributed by atoms with Crippen LogP contribution >= 0.6 is 0 Å². The molecule has 4 aromatic rings. The summed E-state index contributed by atoms with van der Waals surface area (Å²) in [6.45, 7) is 4.06. The summed E-state index contributed by atoms with van der Waals surface area (Å²) in [5, 5.41) is 2.21. The molecule has 3 nitrogen and oxygen atoms in total. The largest absolute Gasteiger partial charge is 0.455 e. The molecule has 21 heavy (non-hydrogen) atoms. The third-order valence-electron chi connectivity index (χ3n) is 3.95. The molecule has 0 bridgehead atoms. The topological polar surface area (TPSA) is 43.4 Å². The van der Waals surface area contributed by atoms with Crippen molar-refractivity contribution in [3.8, 4) is 0 Å². The van der Waals surface area contributed by atoms with Gasteiger partial charge in [-0.25, -0.2) is 4.79 Å². The van der Waals surface area contributed by atoms with Crippen molar-refractivity contribution in [3.63, 3.8) is 0 Å². The van der Waals surface area contributed by atoms with Crippen LogP contribution < -0.4 is 5.63 Å². The monoisotopic (exact) mass is 278 g/mol. The summed E-state index contributed by atoms with van der Waals surface area (Å²) < 4.78 is 11.4. The van der Waals surface area contributed by atoms with Crippen molar-refractivity contribution in [2.75, 3.05) is 0 Å². The van der Waals surface area contributed by atoms with E-state index in [0.717, 1.165) is 28.3 Å². The van der Waals surface area contributed by atoms with Crippen molar-refractivity contribution >= 4 is 32.9 Å². The maximum Gasteiger partial charge on any atom is 0.348 e. The lowest BCUT2D eigenvalue weighted by Gasteiger charge is -1.98.